The first kappa shape index (κ1) is 12.4. The number of carbonyl (C=O) groups is 2. The molecule has 0 radical (unpaired) electrons. The van der Waals surface area contributed by atoms with Gasteiger partial charge in [-0.1, -0.05) is 0 Å². The van der Waals surface area contributed by atoms with Gasteiger partial charge in [0.2, 0.25) is 5.91 Å². The number of amides is 1. The Morgan fingerprint density at radius 1 is 1.44 bits per heavy atom. The molecular weight excluding hydrogens is 234 g/mol. The van der Waals surface area contributed by atoms with Crippen molar-refractivity contribution < 1.29 is 19.4 Å². The van der Waals surface area contributed by atoms with Gasteiger partial charge in [-0.05, 0) is 30.7 Å². The fourth-order valence-electron chi connectivity index (χ4n) is 2.24. The highest BCUT2D eigenvalue weighted by Crippen LogP contribution is 2.29. The number of carbonyl (C=O) groups excluding carboxylic acids is 1. The standard InChI is InChI=1S/C13H15NO4/c1-18-11-5-2-9(3-6-11)14-10(8-13(16)17)4-7-12(14)15/h2-3,5-6,10H,4,7-8H2,1H3,(H,16,17). The van der Waals surface area contributed by atoms with Crippen LogP contribution in [0.1, 0.15) is 19.3 Å². The van der Waals surface area contributed by atoms with Gasteiger partial charge in [0.15, 0.2) is 0 Å². The van der Waals surface area contributed by atoms with Gasteiger partial charge in [-0.15, -0.1) is 0 Å². The van der Waals surface area contributed by atoms with E-state index in [0.717, 1.165) is 5.69 Å². The third kappa shape index (κ3) is 2.45. The molecule has 1 aliphatic heterocycles. The molecule has 1 fully saturated rings. The number of aliphatic carboxylic acids is 1. The van der Waals surface area contributed by atoms with Crippen LogP contribution < -0.4 is 9.64 Å². The lowest BCUT2D eigenvalue weighted by Gasteiger charge is -2.23. The maximum absolute atomic E-state index is 11.8. The normalized spacial score (nSPS) is 19.1. The first-order valence-electron chi connectivity index (χ1n) is 5.79. The van der Waals surface area contributed by atoms with Crippen LogP contribution in [0.2, 0.25) is 0 Å². The van der Waals surface area contributed by atoms with Crippen LogP contribution in [0.4, 0.5) is 5.69 Å². The fraction of sp³-hybridized carbons (Fsp3) is 0.385. The average Bonchev–Trinajstić information content (AvgIpc) is 2.70. The molecular formula is C13H15NO4. The van der Waals surface area contributed by atoms with E-state index in [4.69, 9.17) is 9.84 Å². The summed E-state index contributed by atoms with van der Waals surface area (Å²) in [5.74, 6) is -0.195. The molecule has 5 heteroatoms. The molecule has 0 saturated carbocycles. The van der Waals surface area contributed by atoms with Gasteiger partial charge in [0.25, 0.3) is 0 Å². The molecule has 1 amide bonds. The van der Waals surface area contributed by atoms with E-state index in [9.17, 15) is 9.59 Å². The lowest BCUT2D eigenvalue weighted by Crippen LogP contribution is -2.34. The Morgan fingerprint density at radius 3 is 2.67 bits per heavy atom. The van der Waals surface area contributed by atoms with Crippen molar-refractivity contribution in [3.05, 3.63) is 24.3 Å². The Balaban J connectivity index is 2.21. The predicted octanol–water partition coefficient (Wildman–Crippen LogP) is 1.67. The second-order valence-electron chi connectivity index (χ2n) is 4.25. The Labute approximate surface area is 105 Å². The molecule has 1 atom stereocenters. The van der Waals surface area contributed by atoms with Crippen LogP contribution in [-0.4, -0.2) is 30.1 Å². The first-order chi connectivity index (χ1) is 8.61. The highest BCUT2D eigenvalue weighted by Gasteiger charge is 2.33. The number of carboxylic acids is 1. The largest absolute Gasteiger partial charge is 0.497 e. The monoisotopic (exact) mass is 249 g/mol. The van der Waals surface area contributed by atoms with Gasteiger partial charge in [0.05, 0.1) is 13.5 Å². The van der Waals surface area contributed by atoms with Gasteiger partial charge < -0.3 is 14.7 Å². The van der Waals surface area contributed by atoms with E-state index in [1.807, 2.05) is 0 Å². The molecule has 1 aromatic rings. The molecule has 0 aliphatic carbocycles. The van der Waals surface area contributed by atoms with E-state index in [1.165, 1.54) is 0 Å². The number of rotatable bonds is 4. The zero-order valence-corrected chi connectivity index (χ0v) is 10.1. The topological polar surface area (TPSA) is 66.8 Å². The van der Waals surface area contributed by atoms with Crippen molar-refractivity contribution >= 4 is 17.6 Å². The zero-order chi connectivity index (χ0) is 13.1. The summed E-state index contributed by atoms with van der Waals surface area (Å²) in [6.07, 6.45) is 0.985. The molecule has 1 aliphatic rings. The maximum Gasteiger partial charge on any atom is 0.305 e. The lowest BCUT2D eigenvalue weighted by molar-refractivity contribution is -0.137. The van der Waals surface area contributed by atoms with Crippen molar-refractivity contribution in [3.8, 4) is 5.75 Å². The zero-order valence-electron chi connectivity index (χ0n) is 10.1. The number of methoxy groups -OCH3 is 1. The van der Waals surface area contributed by atoms with Gasteiger partial charge in [0, 0.05) is 18.2 Å². The van der Waals surface area contributed by atoms with Crippen molar-refractivity contribution in [2.45, 2.75) is 25.3 Å². The average molecular weight is 249 g/mol. The summed E-state index contributed by atoms with van der Waals surface area (Å²) in [6.45, 7) is 0. The third-order valence-electron chi connectivity index (χ3n) is 3.09. The number of carboxylic acid groups (broad SMARTS) is 1. The molecule has 1 N–H and O–H groups in total. The quantitative estimate of drug-likeness (QED) is 0.881. The minimum atomic E-state index is -0.881. The van der Waals surface area contributed by atoms with Crippen LogP contribution >= 0.6 is 0 Å². The van der Waals surface area contributed by atoms with Gasteiger partial charge in [-0.25, -0.2) is 0 Å². The molecule has 0 bridgehead atoms. The fourth-order valence-corrected chi connectivity index (χ4v) is 2.24. The van der Waals surface area contributed by atoms with E-state index >= 15 is 0 Å². The minimum absolute atomic E-state index is 0.0161. The Morgan fingerprint density at radius 2 is 2.11 bits per heavy atom. The van der Waals surface area contributed by atoms with Crippen LogP contribution in [0.5, 0.6) is 5.75 Å². The number of hydrogen-bond acceptors (Lipinski definition) is 3. The van der Waals surface area contributed by atoms with E-state index in [1.54, 1.807) is 36.3 Å². The SMILES string of the molecule is COc1ccc(N2C(=O)CCC2CC(=O)O)cc1. The molecule has 0 aromatic heterocycles. The van der Waals surface area contributed by atoms with E-state index in [0.29, 0.717) is 18.6 Å². The summed E-state index contributed by atoms with van der Waals surface area (Å²) >= 11 is 0. The molecule has 5 nitrogen and oxygen atoms in total. The predicted molar refractivity (Wildman–Crippen MR) is 65.8 cm³/mol. The summed E-state index contributed by atoms with van der Waals surface area (Å²) < 4.78 is 5.05. The van der Waals surface area contributed by atoms with E-state index in [2.05, 4.69) is 0 Å². The molecule has 96 valence electrons. The minimum Gasteiger partial charge on any atom is -0.497 e. The molecule has 1 heterocycles. The Hall–Kier alpha value is -2.04. The molecule has 2 rings (SSSR count). The number of benzene rings is 1. The van der Waals surface area contributed by atoms with Crippen LogP contribution in [0.15, 0.2) is 24.3 Å². The summed E-state index contributed by atoms with van der Waals surface area (Å²) in [5, 5.41) is 8.85. The van der Waals surface area contributed by atoms with Gasteiger partial charge >= 0.3 is 5.97 Å². The molecule has 18 heavy (non-hydrogen) atoms. The number of nitrogens with zero attached hydrogens (tertiary/aromatic N) is 1. The number of anilines is 1. The van der Waals surface area contributed by atoms with Crippen LogP contribution in [0.25, 0.3) is 0 Å². The van der Waals surface area contributed by atoms with Gasteiger partial charge in [-0.2, -0.15) is 0 Å². The number of ether oxygens (including phenoxy) is 1. The summed E-state index contributed by atoms with van der Waals surface area (Å²) in [5.41, 5.74) is 0.726. The van der Waals surface area contributed by atoms with E-state index in [-0.39, 0.29) is 18.4 Å². The van der Waals surface area contributed by atoms with Crippen molar-refractivity contribution in [2.24, 2.45) is 0 Å². The first-order valence-corrected chi connectivity index (χ1v) is 5.79. The molecule has 1 aromatic carbocycles. The van der Waals surface area contributed by atoms with Crippen molar-refractivity contribution in [2.75, 3.05) is 12.0 Å². The Kier molecular flexibility index (Phi) is 3.50. The van der Waals surface area contributed by atoms with Crippen molar-refractivity contribution in [1.82, 2.24) is 0 Å². The molecule has 1 unspecified atom stereocenters. The number of hydrogen-bond donors (Lipinski definition) is 1. The summed E-state index contributed by atoms with van der Waals surface area (Å²) in [7, 11) is 1.57. The molecule has 1 saturated heterocycles. The second-order valence-corrected chi connectivity index (χ2v) is 4.25. The Bertz CT molecular complexity index is 455. The summed E-state index contributed by atoms with van der Waals surface area (Å²) in [4.78, 5) is 24.2. The van der Waals surface area contributed by atoms with Crippen molar-refractivity contribution in [1.29, 1.82) is 0 Å². The van der Waals surface area contributed by atoms with Crippen LogP contribution in [-0.2, 0) is 9.59 Å². The second kappa shape index (κ2) is 5.08. The molecule has 0 spiro atoms. The highest BCUT2D eigenvalue weighted by atomic mass is 16.5. The van der Waals surface area contributed by atoms with E-state index < -0.39 is 5.97 Å². The highest BCUT2D eigenvalue weighted by molar-refractivity contribution is 5.97. The maximum atomic E-state index is 11.8. The van der Waals surface area contributed by atoms with Crippen LogP contribution in [0, 0.1) is 0 Å². The van der Waals surface area contributed by atoms with Gasteiger partial charge in [0.1, 0.15) is 5.75 Å². The van der Waals surface area contributed by atoms with Gasteiger partial charge in [-0.3, -0.25) is 9.59 Å². The van der Waals surface area contributed by atoms with Crippen LogP contribution in [0.3, 0.4) is 0 Å². The lowest BCUT2D eigenvalue weighted by atomic mass is 10.1. The van der Waals surface area contributed by atoms with Crippen molar-refractivity contribution in [3.63, 3.8) is 0 Å². The smallest absolute Gasteiger partial charge is 0.305 e. The third-order valence-corrected chi connectivity index (χ3v) is 3.09. The summed E-state index contributed by atoms with van der Waals surface area (Å²) in [6, 6.07) is 6.83.